The van der Waals surface area contributed by atoms with Crippen molar-refractivity contribution >= 4 is 22.5 Å². The molecule has 0 spiro atoms. The summed E-state index contributed by atoms with van der Waals surface area (Å²) in [7, 11) is -2.80. The second kappa shape index (κ2) is 3.46. The van der Waals surface area contributed by atoms with E-state index in [0.717, 1.165) is 0 Å². The summed E-state index contributed by atoms with van der Waals surface area (Å²) in [5.41, 5.74) is 0. The monoisotopic (exact) mass is 168 g/mol. The van der Waals surface area contributed by atoms with Gasteiger partial charge >= 0.3 is 0 Å². The summed E-state index contributed by atoms with van der Waals surface area (Å²) in [4.78, 5) is 0. The van der Waals surface area contributed by atoms with Crippen LogP contribution in [0.2, 0.25) is 0 Å². The summed E-state index contributed by atoms with van der Waals surface area (Å²) < 4.78 is 21.5. The average Bonchev–Trinajstić information content (AvgIpc) is 1.63. The van der Waals surface area contributed by atoms with Crippen molar-refractivity contribution in [1.82, 2.24) is 0 Å². The maximum absolute atomic E-state index is 10.8. The predicted molar refractivity (Wildman–Crippen MR) is 42.8 cm³/mol. The summed E-state index contributed by atoms with van der Waals surface area (Å²) in [6.45, 7) is 3.42. The van der Waals surface area contributed by atoms with Crippen LogP contribution in [-0.4, -0.2) is 25.2 Å². The molecule has 0 heterocycles. The quantitative estimate of drug-likeness (QED) is 0.631. The molecule has 0 aromatic heterocycles. The molecule has 0 aromatic carbocycles. The molecule has 2 nitrogen and oxygen atoms in total. The van der Waals surface area contributed by atoms with Crippen LogP contribution in [0, 0.1) is 0 Å². The van der Waals surface area contributed by atoms with Crippen LogP contribution in [0.15, 0.2) is 0 Å². The van der Waals surface area contributed by atoms with E-state index in [1.165, 1.54) is 0 Å². The van der Waals surface area contributed by atoms with Crippen LogP contribution in [0.5, 0.6) is 0 Å². The molecular weight excluding hydrogens is 156 g/mol. The Morgan fingerprint density at radius 3 is 2.11 bits per heavy atom. The van der Waals surface area contributed by atoms with E-state index in [0.29, 0.717) is 0 Å². The van der Waals surface area contributed by atoms with Gasteiger partial charge in [0.05, 0.1) is 5.75 Å². The van der Waals surface area contributed by atoms with Crippen molar-refractivity contribution in [3.63, 3.8) is 0 Å². The van der Waals surface area contributed by atoms with Crippen LogP contribution >= 0.6 is 12.6 Å². The molecule has 1 unspecified atom stereocenters. The van der Waals surface area contributed by atoms with Crippen molar-refractivity contribution in [2.24, 2.45) is 0 Å². The first-order valence-corrected chi connectivity index (χ1v) is 5.20. The highest BCUT2D eigenvalue weighted by Crippen LogP contribution is 1.99. The van der Waals surface area contributed by atoms with E-state index < -0.39 is 9.84 Å². The van der Waals surface area contributed by atoms with Crippen molar-refractivity contribution in [2.75, 3.05) is 11.5 Å². The Bertz CT molecular complexity index is 158. The third-order valence-electron chi connectivity index (χ3n) is 0.935. The number of sulfone groups is 1. The highest BCUT2D eigenvalue weighted by Gasteiger charge is 2.09. The van der Waals surface area contributed by atoms with Gasteiger partial charge in [0, 0.05) is 11.0 Å². The fourth-order valence-electron chi connectivity index (χ4n) is 0.485. The van der Waals surface area contributed by atoms with E-state index in [4.69, 9.17) is 0 Å². The summed E-state index contributed by atoms with van der Waals surface area (Å²) >= 11 is 3.97. The zero-order valence-corrected chi connectivity index (χ0v) is 7.37. The van der Waals surface area contributed by atoms with Gasteiger partial charge in [-0.3, -0.25) is 0 Å². The first-order chi connectivity index (χ1) is 3.98. The topological polar surface area (TPSA) is 34.1 Å². The number of hydrogen-bond donors (Lipinski definition) is 1. The van der Waals surface area contributed by atoms with Crippen molar-refractivity contribution in [1.29, 1.82) is 0 Å². The molecule has 0 amide bonds. The predicted octanol–water partition coefficient (Wildman–Crippen LogP) is 0.739. The van der Waals surface area contributed by atoms with Crippen molar-refractivity contribution in [2.45, 2.75) is 19.1 Å². The Kier molecular flexibility index (Phi) is 3.58. The standard InChI is InChI=1S/C5H12O2S2/c1-3-9(6,7)4-5(2)8/h5,8H,3-4H2,1-2H3. The lowest BCUT2D eigenvalue weighted by Gasteiger charge is -2.01. The zero-order valence-electron chi connectivity index (χ0n) is 5.66. The Morgan fingerprint density at radius 2 is 2.00 bits per heavy atom. The molecule has 56 valence electrons. The molecule has 0 saturated heterocycles. The second-order valence-electron chi connectivity index (χ2n) is 2.05. The van der Waals surface area contributed by atoms with Crippen LogP contribution in [0.4, 0.5) is 0 Å². The molecule has 0 rings (SSSR count). The molecule has 0 fully saturated rings. The lowest BCUT2D eigenvalue weighted by Crippen LogP contribution is -2.15. The van der Waals surface area contributed by atoms with Gasteiger partial charge < -0.3 is 0 Å². The Hall–Kier alpha value is 0.300. The van der Waals surface area contributed by atoms with E-state index in [1.54, 1.807) is 13.8 Å². The fraction of sp³-hybridized carbons (Fsp3) is 1.00. The van der Waals surface area contributed by atoms with E-state index in [2.05, 4.69) is 12.6 Å². The lowest BCUT2D eigenvalue weighted by atomic mass is 10.6. The molecule has 0 aliphatic heterocycles. The summed E-state index contributed by atoms with van der Waals surface area (Å²) in [6.07, 6.45) is 0. The van der Waals surface area contributed by atoms with Crippen LogP contribution in [0.1, 0.15) is 13.8 Å². The van der Waals surface area contributed by atoms with E-state index in [1.807, 2.05) is 0 Å². The van der Waals surface area contributed by atoms with E-state index in [-0.39, 0.29) is 16.8 Å². The highest BCUT2D eigenvalue weighted by atomic mass is 32.2. The Morgan fingerprint density at radius 1 is 1.56 bits per heavy atom. The van der Waals surface area contributed by atoms with Crippen LogP contribution in [-0.2, 0) is 9.84 Å². The van der Waals surface area contributed by atoms with Gasteiger partial charge in [0.2, 0.25) is 0 Å². The van der Waals surface area contributed by atoms with Crippen molar-refractivity contribution < 1.29 is 8.42 Å². The minimum absolute atomic E-state index is 0.0463. The van der Waals surface area contributed by atoms with Crippen molar-refractivity contribution in [3.8, 4) is 0 Å². The normalized spacial score (nSPS) is 15.4. The van der Waals surface area contributed by atoms with Gasteiger partial charge in [0.1, 0.15) is 0 Å². The molecule has 0 aliphatic carbocycles. The molecule has 0 aromatic rings. The Balaban J connectivity index is 3.90. The largest absolute Gasteiger partial charge is 0.229 e. The molecule has 4 heteroatoms. The lowest BCUT2D eigenvalue weighted by molar-refractivity contribution is 0.596. The van der Waals surface area contributed by atoms with Gasteiger partial charge in [-0.25, -0.2) is 8.42 Å². The molecule has 0 aliphatic rings. The maximum atomic E-state index is 10.8. The van der Waals surface area contributed by atoms with Gasteiger partial charge in [0.25, 0.3) is 0 Å². The van der Waals surface area contributed by atoms with Gasteiger partial charge in [-0.1, -0.05) is 13.8 Å². The van der Waals surface area contributed by atoms with Crippen LogP contribution in [0.25, 0.3) is 0 Å². The van der Waals surface area contributed by atoms with E-state index in [9.17, 15) is 8.42 Å². The third kappa shape index (κ3) is 4.78. The molecule has 0 N–H and O–H groups in total. The zero-order chi connectivity index (χ0) is 7.49. The van der Waals surface area contributed by atoms with E-state index >= 15 is 0 Å². The van der Waals surface area contributed by atoms with Crippen LogP contribution in [0.3, 0.4) is 0 Å². The Labute approximate surface area is 62.0 Å². The van der Waals surface area contributed by atoms with Gasteiger partial charge in [-0.2, -0.15) is 12.6 Å². The minimum Gasteiger partial charge on any atom is -0.229 e. The maximum Gasteiger partial charge on any atom is 0.151 e. The highest BCUT2D eigenvalue weighted by molar-refractivity contribution is 7.92. The number of hydrogen-bond acceptors (Lipinski definition) is 3. The summed E-state index contributed by atoms with van der Waals surface area (Å²) in [6, 6.07) is 0. The van der Waals surface area contributed by atoms with Gasteiger partial charge in [-0.15, -0.1) is 0 Å². The second-order valence-corrected chi connectivity index (χ2v) is 5.33. The minimum atomic E-state index is -2.80. The molecule has 0 radical (unpaired) electrons. The average molecular weight is 168 g/mol. The molecule has 9 heavy (non-hydrogen) atoms. The van der Waals surface area contributed by atoms with Crippen molar-refractivity contribution in [3.05, 3.63) is 0 Å². The SMILES string of the molecule is CCS(=O)(=O)CC(C)S. The first-order valence-electron chi connectivity index (χ1n) is 2.86. The molecule has 0 bridgehead atoms. The summed E-state index contributed by atoms with van der Waals surface area (Å²) in [5.74, 6) is 0.407. The van der Waals surface area contributed by atoms with Gasteiger partial charge in [-0.05, 0) is 0 Å². The smallest absolute Gasteiger partial charge is 0.151 e. The summed E-state index contributed by atoms with van der Waals surface area (Å²) in [5, 5.41) is -0.0463. The molecule has 0 saturated carbocycles. The molecular formula is C5H12O2S2. The third-order valence-corrected chi connectivity index (χ3v) is 3.25. The van der Waals surface area contributed by atoms with Crippen LogP contribution < -0.4 is 0 Å². The number of rotatable bonds is 3. The number of thiol groups is 1. The molecule has 1 atom stereocenters. The first kappa shape index (κ1) is 9.30. The fourth-order valence-corrected chi connectivity index (χ4v) is 2.14. The van der Waals surface area contributed by atoms with Gasteiger partial charge in [0.15, 0.2) is 9.84 Å².